The van der Waals surface area contributed by atoms with E-state index in [0.717, 1.165) is 16.7 Å². The second-order valence-electron chi connectivity index (χ2n) is 6.54. The molecule has 2 aromatic rings. The van der Waals surface area contributed by atoms with E-state index in [2.05, 4.69) is 5.32 Å². The van der Waals surface area contributed by atoms with Crippen molar-refractivity contribution in [1.82, 2.24) is 5.32 Å². The van der Waals surface area contributed by atoms with E-state index in [1.165, 1.54) is 0 Å². The molecule has 0 aliphatic heterocycles. The smallest absolute Gasteiger partial charge is 0.329 e. The third-order valence-electron chi connectivity index (χ3n) is 3.95. The first-order valence-corrected chi connectivity index (χ1v) is 8.51. The third-order valence-corrected chi connectivity index (χ3v) is 3.95. The van der Waals surface area contributed by atoms with Crippen LogP contribution in [0.2, 0.25) is 0 Å². The fraction of sp³-hybridized carbons (Fsp3) is 0.333. The molecule has 2 aromatic carbocycles. The van der Waals surface area contributed by atoms with E-state index >= 15 is 0 Å². The van der Waals surface area contributed by atoms with E-state index in [1.807, 2.05) is 75.4 Å². The van der Waals surface area contributed by atoms with Crippen molar-refractivity contribution in [3.05, 3.63) is 71.3 Å². The normalized spacial score (nSPS) is 11.8. The van der Waals surface area contributed by atoms with Gasteiger partial charge in [-0.25, -0.2) is 4.79 Å². The maximum Gasteiger partial charge on any atom is 0.329 e. The third kappa shape index (κ3) is 6.07. The van der Waals surface area contributed by atoms with Crippen molar-refractivity contribution in [3.63, 3.8) is 0 Å². The molecule has 0 aromatic heterocycles. The van der Waals surface area contributed by atoms with Crippen molar-refractivity contribution >= 4 is 11.9 Å². The number of esters is 1. The predicted octanol–water partition coefficient (Wildman–Crippen LogP) is 3.42. The maximum atomic E-state index is 12.4. The number of carbonyl (C=O) groups excluding carboxylic acids is 2. The molecule has 2 rings (SSSR count). The summed E-state index contributed by atoms with van der Waals surface area (Å²) in [5, 5.41) is 2.80. The second kappa shape index (κ2) is 9.02. The number of aryl methyl sites for hydroxylation is 1. The SMILES string of the molecule is Cc1ccc(COC(=O)C(NC(=O)Cc2ccccc2)C(C)C)cc1. The first-order valence-electron chi connectivity index (χ1n) is 8.51. The van der Waals surface area contributed by atoms with Gasteiger partial charge in [-0.1, -0.05) is 74.0 Å². The van der Waals surface area contributed by atoms with Crippen LogP contribution in [0.5, 0.6) is 0 Å². The van der Waals surface area contributed by atoms with Crippen LogP contribution in [0, 0.1) is 12.8 Å². The molecule has 0 heterocycles. The van der Waals surface area contributed by atoms with Gasteiger partial charge < -0.3 is 10.1 Å². The number of nitrogens with one attached hydrogen (secondary N) is 1. The van der Waals surface area contributed by atoms with Gasteiger partial charge >= 0.3 is 5.97 Å². The summed E-state index contributed by atoms with van der Waals surface area (Å²) >= 11 is 0. The standard InChI is InChI=1S/C21H25NO3/c1-15(2)20(22-19(23)13-17-7-5-4-6-8-17)21(24)25-14-18-11-9-16(3)10-12-18/h4-12,15,20H,13-14H2,1-3H3,(H,22,23). The summed E-state index contributed by atoms with van der Waals surface area (Å²) in [6.07, 6.45) is 0.245. The van der Waals surface area contributed by atoms with Gasteiger partial charge in [0, 0.05) is 0 Å². The molecule has 1 amide bonds. The highest BCUT2D eigenvalue weighted by Crippen LogP contribution is 2.09. The highest BCUT2D eigenvalue weighted by Gasteiger charge is 2.25. The van der Waals surface area contributed by atoms with Crippen molar-refractivity contribution in [2.75, 3.05) is 0 Å². The highest BCUT2D eigenvalue weighted by molar-refractivity contribution is 5.85. The molecule has 0 radical (unpaired) electrons. The molecule has 4 nitrogen and oxygen atoms in total. The Morgan fingerprint density at radius 2 is 1.60 bits per heavy atom. The summed E-state index contributed by atoms with van der Waals surface area (Å²) in [5.41, 5.74) is 3.00. The molecule has 0 saturated heterocycles. The summed E-state index contributed by atoms with van der Waals surface area (Å²) in [7, 11) is 0. The van der Waals surface area contributed by atoms with Crippen molar-refractivity contribution in [2.24, 2.45) is 5.92 Å². The molecular formula is C21H25NO3. The molecule has 4 heteroatoms. The fourth-order valence-electron chi connectivity index (χ4n) is 2.43. The van der Waals surface area contributed by atoms with E-state index in [0.29, 0.717) is 0 Å². The van der Waals surface area contributed by atoms with Gasteiger partial charge in [0.1, 0.15) is 12.6 Å². The Labute approximate surface area is 149 Å². The quantitative estimate of drug-likeness (QED) is 0.787. The number of rotatable bonds is 7. The Hall–Kier alpha value is -2.62. The Balaban J connectivity index is 1.91. The van der Waals surface area contributed by atoms with Gasteiger partial charge in [-0.15, -0.1) is 0 Å². The first-order chi connectivity index (χ1) is 12.0. The molecular weight excluding hydrogens is 314 g/mol. The zero-order valence-corrected chi connectivity index (χ0v) is 15.0. The average molecular weight is 339 g/mol. The van der Waals surface area contributed by atoms with Crippen molar-refractivity contribution < 1.29 is 14.3 Å². The molecule has 0 saturated carbocycles. The monoisotopic (exact) mass is 339 g/mol. The predicted molar refractivity (Wildman–Crippen MR) is 97.9 cm³/mol. The van der Waals surface area contributed by atoms with Gasteiger partial charge in [-0.3, -0.25) is 4.79 Å². The molecule has 0 spiro atoms. The van der Waals surface area contributed by atoms with Crippen molar-refractivity contribution in [3.8, 4) is 0 Å². The van der Waals surface area contributed by atoms with Crippen LogP contribution in [0.1, 0.15) is 30.5 Å². The lowest BCUT2D eigenvalue weighted by Gasteiger charge is -2.21. The molecule has 132 valence electrons. The Morgan fingerprint density at radius 3 is 2.20 bits per heavy atom. The van der Waals surface area contributed by atoms with E-state index in [4.69, 9.17) is 4.74 Å². The Bertz CT molecular complexity index is 693. The number of ether oxygens (including phenoxy) is 1. The van der Waals surface area contributed by atoms with Gasteiger partial charge in [0.25, 0.3) is 0 Å². The van der Waals surface area contributed by atoms with Gasteiger partial charge in [0.05, 0.1) is 6.42 Å². The summed E-state index contributed by atoms with van der Waals surface area (Å²) in [4.78, 5) is 24.6. The fourth-order valence-corrected chi connectivity index (χ4v) is 2.43. The minimum absolute atomic E-state index is 0.0507. The van der Waals surface area contributed by atoms with E-state index < -0.39 is 12.0 Å². The van der Waals surface area contributed by atoms with Crippen LogP contribution in [0.25, 0.3) is 0 Å². The van der Waals surface area contributed by atoms with Crippen LogP contribution < -0.4 is 5.32 Å². The molecule has 0 fully saturated rings. The van der Waals surface area contributed by atoms with Crippen LogP contribution in [0.4, 0.5) is 0 Å². The number of carbonyl (C=O) groups is 2. The van der Waals surface area contributed by atoms with E-state index in [9.17, 15) is 9.59 Å². The summed E-state index contributed by atoms with van der Waals surface area (Å²) < 4.78 is 5.39. The largest absolute Gasteiger partial charge is 0.459 e. The number of hydrogen-bond donors (Lipinski definition) is 1. The van der Waals surface area contributed by atoms with Gasteiger partial charge in [-0.2, -0.15) is 0 Å². The van der Waals surface area contributed by atoms with E-state index in [1.54, 1.807) is 0 Å². The van der Waals surface area contributed by atoms with Crippen LogP contribution in [0.3, 0.4) is 0 Å². The van der Waals surface area contributed by atoms with Crippen LogP contribution in [-0.4, -0.2) is 17.9 Å². The molecule has 1 atom stereocenters. The zero-order chi connectivity index (χ0) is 18.2. The van der Waals surface area contributed by atoms with Crippen LogP contribution in [-0.2, 0) is 27.4 Å². The Morgan fingerprint density at radius 1 is 0.960 bits per heavy atom. The summed E-state index contributed by atoms with van der Waals surface area (Å²) in [6, 6.07) is 16.6. The van der Waals surface area contributed by atoms with Crippen molar-refractivity contribution in [1.29, 1.82) is 0 Å². The minimum atomic E-state index is -0.651. The number of benzene rings is 2. The van der Waals surface area contributed by atoms with Gasteiger partial charge in [-0.05, 0) is 24.0 Å². The van der Waals surface area contributed by atoms with Crippen LogP contribution in [0.15, 0.2) is 54.6 Å². The number of amides is 1. The lowest BCUT2D eigenvalue weighted by molar-refractivity contribution is -0.150. The molecule has 0 bridgehead atoms. The second-order valence-corrected chi connectivity index (χ2v) is 6.54. The summed E-state index contributed by atoms with van der Waals surface area (Å²) in [6.45, 7) is 5.99. The lowest BCUT2D eigenvalue weighted by Crippen LogP contribution is -2.45. The molecule has 25 heavy (non-hydrogen) atoms. The minimum Gasteiger partial charge on any atom is -0.459 e. The Kier molecular flexibility index (Phi) is 6.75. The average Bonchev–Trinajstić information content (AvgIpc) is 2.59. The highest BCUT2D eigenvalue weighted by atomic mass is 16.5. The molecule has 1 unspecified atom stereocenters. The first kappa shape index (κ1) is 18.7. The maximum absolute atomic E-state index is 12.4. The van der Waals surface area contributed by atoms with Gasteiger partial charge in [0.2, 0.25) is 5.91 Å². The number of hydrogen-bond acceptors (Lipinski definition) is 3. The van der Waals surface area contributed by atoms with Crippen LogP contribution >= 0.6 is 0 Å². The molecule has 0 aliphatic rings. The van der Waals surface area contributed by atoms with E-state index in [-0.39, 0.29) is 24.9 Å². The topological polar surface area (TPSA) is 55.4 Å². The summed E-state index contributed by atoms with van der Waals surface area (Å²) in [5.74, 6) is -0.639. The molecule has 1 N–H and O–H groups in total. The molecule has 0 aliphatic carbocycles. The zero-order valence-electron chi connectivity index (χ0n) is 15.0. The lowest BCUT2D eigenvalue weighted by atomic mass is 10.0. The van der Waals surface area contributed by atoms with Crippen molar-refractivity contribution in [2.45, 2.75) is 39.8 Å². The van der Waals surface area contributed by atoms with Gasteiger partial charge in [0.15, 0.2) is 0 Å².